The number of nitrogens with one attached hydrogen (secondary N) is 2. The van der Waals surface area contributed by atoms with Gasteiger partial charge in [0, 0.05) is 19.2 Å². The van der Waals surface area contributed by atoms with Crippen LogP contribution in [-0.4, -0.2) is 42.8 Å². The number of anilines is 1. The van der Waals surface area contributed by atoms with Crippen LogP contribution < -0.4 is 10.6 Å². The monoisotopic (exact) mass is 264 g/mol. The number of para-hydroxylation sites is 1. The molecule has 6 nitrogen and oxygen atoms in total. The Morgan fingerprint density at radius 2 is 2.26 bits per heavy atom. The maximum atomic E-state index is 11.9. The lowest BCUT2D eigenvalue weighted by Crippen LogP contribution is -2.44. The number of benzene rings is 1. The van der Waals surface area contributed by atoms with E-state index in [0.717, 1.165) is 11.3 Å². The number of carbonyl (C=O) groups is 2. The summed E-state index contributed by atoms with van der Waals surface area (Å²) >= 11 is 0. The molecule has 1 aliphatic rings. The lowest BCUT2D eigenvalue weighted by molar-refractivity contribution is -0.148. The summed E-state index contributed by atoms with van der Waals surface area (Å²) in [6.45, 7) is -0.0425. The highest BCUT2D eigenvalue weighted by molar-refractivity contribution is 5.87. The second-order valence-electron chi connectivity index (χ2n) is 4.37. The minimum absolute atomic E-state index is 0.0425. The summed E-state index contributed by atoms with van der Waals surface area (Å²) in [7, 11) is 1.30. The highest BCUT2D eigenvalue weighted by Gasteiger charge is 2.27. The predicted octanol–water partition coefficient (Wildman–Crippen LogP) is 0.239. The third-order valence-corrected chi connectivity index (χ3v) is 3.11. The number of carboxylic acids is 1. The fraction of sp³-hybridized carbons (Fsp3) is 0.385. The SMILES string of the molecule is COC(CNC(=O)[C@@H]1Cc2ccccc2N1)C(=O)O. The number of amides is 1. The van der Waals surface area contributed by atoms with Gasteiger partial charge in [0.1, 0.15) is 6.04 Å². The summed E-state index contributed by atoms with van der Waals surface area (Å²) in [5.41, 5.74) is 2.04. The van der Waals surface area contributed by atoms with Gasteiger partial charge in [-0.1, -0.05) is 18.2 Å². The fourth-order valence-electron chi connectivity index (χ4n) is 2.04. The summed E-state index contributed by atoms with van der Waals surface area (Å²) in [5.74, 6) is -1.31. The van der Waals surface area contributed by atoms with E-state index < -0.39 is 12.1 Å². The van der Waals surface area contributed by atoms with E-state index in [1.807, 2.05) is 24.3 Å². The van der Waals surface area contributed by atoms with Crippen molar-refractivity contribution in [3.05, 3.63) is 29.8 Å². The molecule has 0 spiro atoms. The van der Waals surface area contributed by atoms with Gasteiger partial charge in [0.2, 0.25) is 5.91 Å². The summed E-state index contributed by atoms with van der Waals surface area (Å²) in [6, 6.07) is 7.34. The first kappa shape index (κ1) is 13.4. The van der Waals surface area contributed by atoms with Gasteiger partial charge in [-0.05, 0) is 11.6 Å². The number of rotatable bonds is 5. The molecule has 0 fully saturated rings. The maximum absolute atomic E-state index is 11.9. The van der Waals surface area contributed by atoms with Crippen LogP contribution in [0.3, 0.4) is 0 Å². The highest BCUT2D eigenvalue weighted by atomic mass is 16.5. The minimum Gasteiger partial charge on any atom is -0.479 e. The van der Waals surface area contributed by atoms with Crippen molar-refractivity contribution >= 4 is 17.6 Å². The van der Waals surface area contributed by atoms with Crippen molar-refractivity contribution in [2.24, 2.45) is 0 Å². The molecule has 3 N–H and O–H groups in total. The number of methoxy groups -OCH3 is 1. The topological polar surface area (TPSA) is 87.7 Å². The normalized spacial score (nSPS) is 18.3. The molecule has 1 aliphatic heterocycles. The van der Waals surface area contributed by atoms with Gasteiger partial charge in [-0.2, -0.15) is 0 Å². The molecule has 1 aromatic rings. The Morgan fingerprint density at radius 3 is 2.89 bits per heavy atom. The van der Waals surface area contributed by atoms with E-state index in [4.69, 9.17) is 9.84 Å². The Morgan fingerprint density at radius 1 is 1.53 bits per heavy atom. The molecule has 1 unspecified atom stereocenters. The molecule has 6 heteroatoms. The first-order valence-electron chi connectivity index (χ1n) is 5.99. The molecule has 102 valence electrons. The van der Waals surface area contributed by atoms with Crippen molar-refractivity contribution in [2.45, 2.75) is 18.6 Å². The smallest absolute Gasteiger partial charge is 0.334 e. The first-order chi connectivity index (χ1) is 9.11. The van der Waals surface area contributed by atoms with Gasteiger partial charge < -0.3 is 20.5 Å². The molecule has 0 saturated carbocycles. The third-order valence-electron chi connectivity index (χ3n) is 3.11. The number of ether oxygens (including phenoxy) is 1. The van der Waals surface area contributed by atoms with E-state index in [9.17, 15) is 9.59 Å². The van der Waals surface area contributed by atoms with Gasteiger partial charge in [-0.15, -0.1) is 0 Å². The molecule has 1 aromatic carbocycles. The molecule has 0 radical (unpaired) electrons. The van der Waals surface area contributed by atoms with Gasteiger partial charge in [-0.25, -0.2) is 4.79 Å². The van der Waals surface area contributed by atoms with E-state index in [0.29, 0.717) is 6.42 Å². The Balaban J connectivity index is 1.88. The van der Waals surface area contributed by atoms with Crippen molar-refractivity contribution in [3.63, 3.8) is 0 Å². The zero-order valence-electron chi connectivity index (χ0n) is 10.6. The second-order valence-corrected chi connectivity index (χ2v) is 4.37. The number of carbonyl (C=O) groups excluding carboxylic acids is 1. The summed E-state index contributed by atoms with van der Waals surface area (Å²) in [4.78, 5) is 22.7. The number of hydrogen-bond acceptors (Lipinski definition) is 4. The summed E-state index contributed by atoms with van der Waals surface area (Å²) in [6.07, 6.45) is -0.417. The minimum atomic E-state index is -1.09. The summed E-state index contributed by atoms with van der Waals surface area (Å²) < 4.78 is 4.75. The summed E-state index contributed by atoms with van der Waals surface area (Å²) in [5, 5.41) is 14.5. The van der Waals surface area contributed by atoms with Crippen molar-refractivity contribution < 1.29 is 19.4 Å². The van der Waals surface area contributed by atoms with Gasteiger partial charge in [0.05, 0.1) is 6.54 Å². The molecule has 19 heavy (non-hydrogen) atoms. The zero-order chi connectivity index (χ0) is 13.8. The number of fused-ring (bicyclic) bond motifs is 1. The zero-order valence-corrected chi connectivity index (χ0v) is 10.6. The molecule has 2 atom stereocenters. The Bertz CT molecular complexity index is 464. The van der Waals surface area contributed by atoms with Crippen LogP contribution in [0.5, 0.6) is 0 Å². The van der Waals surface area contributed by atoms with Crippen LogP contribution in [0, 0.1) is 0 Å². The van der Waals surface area contributed by atoms with Gasteiger partial charge in [-0.3, -0.25) is 4.79 Å². The lowest BCUT2D eigenvalue weighted by atomic mass is 10.1. The van der Waals surface area contributed by atoms with E-state index in [-0.39, 0.29) is 18.5 Å². The molecule has 0 aliphatic carbocycles. The second kappa shape index (κ2) is 5.71. The van der Waals surface area contributed by atoms with Gasteiger partial charge >= 0.3 is 5.97 Å². The van der Waals surface area contributed by atoms with Crippen LogP contribution >= 0.6 is 0 Å². The molecule has 0 bridgehead atoms. The van der Waals surface area contributed by atoms with Crippen molar-refractivity contribution in [3.8, 4) is 0 Å². The largest absolute Gasteiger partial charge is 0.479 e. The van der Waals surface area contributed by atoms with Crippen molar-refractivity contribution in [1.29, 1.82) is 0 Å². The van der Waals surface area contributed by atoms with Crippen LogP contribution in [0.2, 0.25) is 0 Å². The average molecular weight is 264 g/mol. The third kappa shape index (κ3) is 3.03. The molecule has 0 saturated heterocycles. The van der Waals surface area contributed by atoms with Crippen LogP contribution in [0.1, 0.15) is 5.56 Å². The molecular formula is C13H16N2O4. The van der Waals surface area contributed by atoms with Gasteiger partial charge in [0.25, 0.3) is 0 Å². The van der Waals surface area contributed by atoms with Crippen LogP contribution in [0.25, 0.3) is 0 Å². The number of hydrogen-bond donors (Lipinski definition) is 3. The Kier molecular flexibility index (Phi) is 4.01. The quantitative estimate of drug-likeness (QED) is 0.709. The van der Waals surface area contributed by atoms with E-state index in [2.05, 4.69) is 10.6 Å². The first-order valence-corrected chi connectivity index (χ1v) is 5.99. The predicted molar refractivity (Wildman–Crippen MR) is 69.0 cm³/mol. The average Bonchev–Trinajstić information content (AvgIpc) is 2.82. The molecular weight excluding hydrogens is 248 g/mol. The Hall–Kier alpha value is -2.08. The molecule has 0 aromatic heterocycles. The molecule has 1 heterocycles. The van der Waals surface area contributed by atoms with Crippen LogP contribution in [0.15, 0.2) is 24.3 Å². The number of aliphatic carboxylic acids is 1. The van der Waals surface area contributed by atoms with Crippen molar-refractivity contribution in [1.82, 2.24) is 5.32 Å². The Labute approximate surface area is 110 Å². The fourth-order valence-corrected chi connectivity index (χ4v) is 2.04. The van der Waals surface area contributed by atoms with E-state index in [1.54, 1.807) is 0 Å². The van der Waals surface area contributed by atoms with Crippen molar-refractivity contribution in [2.75, 3.05) is 19.0 Å². The standard InChI is InChI=1S/C13H16N2O4/c1-19-11(13(17)18)7-14-12(16)10-6-8-4-2-3-5-9(8)15-10/h2-5,10-11,15H,6-7H2,1H3,(H,14,16)(H,17,18)/t10-,11?/m0/s1. The highest BCUT2D eigenvalue weighted by Crippen LogP contribution is 2.24. The van der Waals surface area contributed by atoms with E-state index in [1.165, 1.54) is 7.11 Å². The molecule has 1 amide bonds. The maximum Gasteiger partial charge on any atom is 0.334 e. The number of carboxylic acid groups (broad SMARTS) is 1. The van der Waals surface area contributed by atoms with E-state index >= 15 is 0 Å². The van der Waals surface area contributed by atoms with Gasteiger partial charge in [0.15, 0.2) is 6.10 Å². The van der Waals surface area contributed by atoms with Crippen LogP contribution in [-0.2, 0) is 20.7 Å². The molecule has 2 rings (SSSR count). The van der Waals surface area contributed by atoms with Crippen LogP contribution in [0.4, 0.5) is 5.69 Å². The lowest BCUT2D eigenvalue weighted by Gasteiger charge is -2.15.